The molecule has 0 fully saturated rings. The van der Waals surface area contributed by atoms with Crippen LogP contribution in [0.2, 0.25) is 6.04 Å². The fraction of sp³-hybridized carbons (Fsp3) is 0.700. The largest absolute Gasteiger partial charge is 0.463 e. The van der Waals surface area contributed by atoms with Crippen molar-refractivity contribution in [3.05, 3.63) is 12.7 Å². The zero-order valence-corrected chi connectivity index (χ0v) is 10.5. The van der Waals surface area contributed by atoms with Crippen LogP contribution in [0, 0.1) is 0 Å². The SMILES string of the molecule is C=CC(=O)OCCC[SiH2]COC(C)C. The first kappa shape index (κ1) is 13.4. The van der Waals surface area contributed by atoms with Gasteiger partial charge in [0, 0.05) is 12.3 Å². The molecule has 0 unspecified atom stereocenters. The molecule has 0 rings (SSSR count). The summed E-state index contributed by atoms with van der Waals surface area (Å²) < 4.78 is 10.3. The first-order valence-electron chi connectivity index (χ1n) is 5.07. The van der Waals surface area contributed by atoms with Gasteiger partial charge in [0.1, 0.15) is 0 Å². The number of hydrogen-bond donors (Lipinski definition) is 0. The number of esters is 1. The molecule has 0 aliphatic heterocycles. The lowest BCUT2D eigenvalue weighted by atomic mass is 10.5. The van der Waals surface area contributed by atoms with E-state index in [-0.39, 0.29) is 15.5 Å². The van der Waals surface area contributed by atoms with Crippen molar-refractivity contribution in [2.24, 2.45) is 0 Å². The van der Waals surface area contributed by atoms with Gasteiger partial charge in [-0.3, -0.25) is 0 Å². The molecule has 0 N–H and O–H groups in total. The third kappa shape index (κ3) is 9.47. The molecule has 0 radical (unpaired) electrons. The van der Waals surface area contributed by atoms with E-state index in [1.807, 2.05) is 13.8 Å². The fourth-order valence-corrected chi connectivity index (χ4v) is 2.33. The van der Waals surface area contributed by atoms with Crippen molar-refractivity contribution < 1.29 is 14.3 Å². The molecule has 0 saturated heterocycles. The molecule has 0 atom stereocenters. The van der Waals surface area contributed by atoms with Crippen LogP contribution < -0.4 is 0 Å². The topological polar surface area (TPSA) is 35.5 Å². The number of ether oxygens (including phenoxy) is 2. The van der Waals surface area contributed by atoms with E-state index in [1.165, 1.54) is 6.08 Å². The Morgan fingerprint density at radius 1 is 1.57 bits per heavy atom. The number of carbonyl (C=O) groups is 1. The van der Waals surface area contributed by atoms with Gasteiger partial charge in [0.25, 0.3) is 0 Å². The second-order valence-corrected chi connectivity index (χ2v) is 5.17. The van der Waals surface area contributed by atoms with E-state index in [0.717, 1.165) is 18.7 Å². The van der Waals surface area contributed by atoms with Crippen LogP contribution in [-0.4, -0.2) is 34.4 Å². The quantitative estimate of drug-likeness (QED) is 0.263. The molecule has 3 nitrogen and oxygen atoms in total. The van der Waals surface area contributed by atoms with Gasteiger partial charge < -0.3 is 9.47 Å². The molecule has 0 aromatic heterocycles. The van der Waals surface area contributed by atoms with Crippen molar-refractivity contribution in [3.63, 3.8) is 0 Å². The minimum absolute atomic E-state index is 0.122. The van der Waals surface area contributed by atoms with Crippen molar-refractivity contribution in [2.45, 2.75) is 32.4 Å². The Hall–Kier alpha value is -0.613. The maximum Gasteiger partial charge on any atom is 0.330 e. The van der Waals surface area contributed by atoms with Crippen LogP contribution in [0.25, 0.3) is 0 Å². The summed E-state index contributed by atoms with van der Waals surface area (Å²) >= 11 is 0. The van der Waals surface area contributed by atoms with Crippen LogP contribution in [0.5, 0.6) is 0 Å². The number of hydrogen-bond acceptors (Lipinski definition) is 3. The second kappa shape index (κ2) is 8.96. The van der Waals surface area contributed by atoms with Crippen LogP contribution in [0.15, 0.2) is 12.7 Å². The van der Waals surface area contributed by atoms with E-state index in [2.05, 4.69) is 6.58 Å². The summed E-state index contributed by atoms with van der Waals surface area (Å²) in [6.45, 7) is 7.92. The Bertz CT molecular complexity index is 169. The van der Waals surface area contributed by atoms with Gasteiger partial charge in [-0.2, -0.15) is 0 Å². The van der Waals surface area contributed by atoms with Crippen molar-refractivity contribution in [1.82, 2.24) is 0 Å². The molecular weight excluding hydrogens is 196 g/mol. The van der Waals surface area contributed by atoms with Crippen LogP contribution in [0.4, 0.5) is 0 Å². The monoisotopic (exact) mass is 216 g/mol. The zero-order valence-electron chi connectivity index (χ0n) is 9.12. The summed E-state index contributed by atoms with van der Waals surface area (Å²) in [5.41, 5.74) is 0. The summed E-state index contributed by atoms with van der Waals surface area (Å²) in [7, 11) is -0.122. The molecule has 0 amide bonds. The van der Waals surface area contributed by atoms with Crippen molar-refractivity contribution in [2.75, 3.05) is 12.8 Å². The normalized spacial score (nSPS) is 11.1. The highest BCUT2D eigenvalue weighted by atomic mass is 28.2. The molecule has 0 aromatic carbocycles. The predicted octanol–water partition coefficient (Wildman–Crippen LogP) is 1.08. The van der Waals surface area contributed by atoms with E-state index < -0.39 is 0 Å². The van der Waals surface area contributed by atoms with Gasteiger partial charge in [-0.15, -0.1) is 0 Å². The van der Waals surface area contributed by atoms with Gasteiger partial charge in [0.2, 0.25) is 0 Å². The Labute approximate surface area is 88.3 Å². The van der Waals surface area contributed by atoms with E-state index in [4.69, 9.17) is 9.47 Å². The molecule has 14 heavy (non-hydrogen) atoms. The molecular formula is C10H20O3Si. The maximum absolute atomic E-state index is 10.6. The van der Waals surface area contributed by atoms with E-state index in [1.54, 1.807) is 0 Å². The highest BCUT2D eigenvalue weighted by Crippen LogP contribution is 1.93. The third-order valence-corrected chi connectivity index (χ3v) is 3.18. The highest BCUT2D eigenvalue weighted by Gasteiger charge is 1.96. The summed E-state index contributed by atoms with van der Waals surface area (Å²) in [6, 6.07) is 1.16. The van der Waals surface area contributed by atoms with Crippen LogP contribution in [0.3, 0.4) is 0 Å². The van der Waals surface area contributed by atoms with E-state index in [0.29, 0.717) is 12.7 Å². The Morgan fingerprint density at radius 2 is 2.29 bits per heavy atom. The standard InChI is InChI=1S/C10H20O3Si/c1-4-10(11)12-6-5-7-14-8-13-9(2)3/h4,9H,1,5-8,14H2,2-3H3. The van der Waals surface area contributed by atoms with Gasteiger partial charge in [0.15, 0.2) is 0 Å². The van der Waals surface area contributed by atoms with Crippen molar-refractivity contribution in [1.29, 1.82) is 0 Å². The Balaban J connectivity index is 3.06. The molecule has 0 bridgehead atoms. The van der Waals surface area contributed by atoms with Gasteiger partial charge in [-0.05, 0) is 20.3 Å². The summed E-state index contributed by atoms with van der Waals surface area (Å²) in [5, 5.41) is 0. The summed E-state index contributed by atoms with van der Waals surface area (Å²) in [6.07, 6.45) is 3.40. The Morgan fingerprint density at radius 3 is 2.86 bits per heavy atom. The average molecular weight is 216 g/mol. The maximum atomic E-state index is 10.6. The zero-order chi connectivity index (χ0) is 10.8. The van der Waals surface area contributed by atoms with Gasteiger partial charge in [0.05, 0.1) is 22.2 Å². The molecule has 0 heterocycles. The number of carbonyl (C=O) groups excluding carboxylic acids is 1. The van der Waals surface area contributed by atoms with Gasteiger partial charge in [-0.25, -0.2) is 4.79 Å². The fourth-order valence-electron chi connectivity index (χ4n) is 0.932. The molecule has 0 saturated carbocycles. The minimum Gasteiger partial charge on any atom is -0.463 e. The van der Waals surface area contributed by atoms with Crippen LogP contribution >= 0.6 is 0 Å². The van der Waals surface area contributed by atoms with Gasteiger partial charge >= 0.3 is 5.97 Å². The Kier molecular flexibility index (Phi) is 8.57. The molecule has 82 valence electrons. The molecule has 0 aromatic rings. The summed E-state index contributed by atoms with van der Waals surface area (Å²) in [4.78, 5) is 10.6. The predicted molar refractivity (Wildman–Crippen MR) is 60.2 cm³/mol. The van der Waals surface area contributed by atoms with Crippen molar-refractivity contribution in [3.8, 4) is 0 Å². The molecule has 0 aliphatic carbocycles. The van der Waals surface area contributed by atoms with Crippen LogP contribution in [-0.2, 0) is 14.3 Å². The molecule has 0 spiro atoms. The first-order chi connectivity index (χ1) is 6.66. The molecule has 0 aliphatic rings. The van der Waals surface area contributed by atoms with Gasteiger partial charge in [-0.1, -0.05) is 12.6 Å². The highest BCUT2D eigenvalue weighted by molar-refractivity contribution is 6.35. The average Bonchev–Trinajstić information content (AvgIpc) is 2.15. The lowest BCUT2D eigenvalue weighted by Crippen LogP contribution is -2.10. The molecule has 4 heteroatoms. The van der Waals surface area contributed by atoms with E-state index >= 15 is 0 Å². The number of rotatable bonds is 8. The summed E-state index contributed by atoms with van der Waals surface area (Å²) in [5.74, 6) is -0.329. The first-order valence-corrected chi connectivity index (χ1v) is 7.07. The van der Waals surface area contributed by atoms with E-state index in [9.17, 15) is 4.79 Å². The lowest BCUT2D eigenvalue weighted by molar-refractivity contribution is -0.137. The smallest absolute Gasteiger partial charge is 0.330 e. The second-order valence-electron chi connectivity index (χ2n) is 3.35. The third-order valence-electron chi connectivity index (χ3n) is 1.65. The minimum atomic E-state index is -0.329. The van der Waals surface area contributed by atoms with Crippen LogP contribution in [0.1, 0.15) is 20.3 Å². The lowest BCUT2D eigenvalue weighted by Gasteiger charge is -2.06. The van der Waals surface area contributed by atoms with Crippen molar-refractivity contribution >= 4 is 15.5 Å².